The molecule has 1 fully saturated rings. The average molecular weight is 283 g/mol. The number of carbonyl (C=O) groups excluding carboxylic acids is 2. The van der Waals surface area contributed by atoms with Crippen molar-refractivity contribution in [3.05, 3.63) is 29.3 Å². The largest absolute Gasteiger partial charge is 0.484 e. The standard InChI is InChI=1S/C13H15ClN2O3/c14-10-2-4-11(5-3-10)19-9-13(18)16-7-1-6-15-12(17)8-16/h2-5H,1,6-9H2,(H,15,17). The average Bonchev–Trinajstić information content (AvgIpc) is 2.62. The Morgan fingerprint density at radius 2 is 2.11 bits per heavy atom. The molecule has 0 bridgehead atoms. The van der Waals surface area contributed by atoms with E-state index in [0.717, 1.165) is 6.42 Å². The minimum absolute atomic E-state index is 0.0745. The summed E-state index contributed by atoms with van der Waals surface area (Å²) in [6.07, 6.45) is 0.762. The SMILES string of the molecule is O=C1CN(C(=O)COc2ccc(Cl)cc2)CCCN1. The van der Waals surface area contributed by atoms with Crippen LogP contribution in [0.3, 0.4) is 0 Å². The molecule has 1 aromatic carbocycles. The van der Waals surface area contributed by atoms with Crippen LogP contribution in [0.25, 0.3) is 0 Å². The zero-order valence-corrected chi connectivity index (χ0v) is 11.2. The highest BCUT2D eigenvalue weighted by molar-refractivity contribution is 6.30. The van der Waals surface area contributed by atoms with E-state index >= 15 is 0 Å². The fraction of sp³-hybridized carbons (Fsp3) is 0.385. The highest BCUT2D eigenvalue weighted by atomic mass is 35.5. The highest BCUT2D eigenvalue weighted by Crippen LogP contribution is 2.15. The Bertz CT molecular complexity index is 461. The van der Waals surface area contributed by atoms with Gasteiger partial charge in [0.2, 0.25) is 5.91 Å². The third kappa shape index (κ3) is 4.13. The summed E-state index contributed by atoms with van der Waals surface area (Å²) in [4.78, 5) is 24.8. The lowest BCUT2D eigenvalue weighted by Crippen LogP contribution is -2.39. The van der Waals surface area contributed by atoms with Crippen molar-refractivity contribution in [2.75, 3.05) is 26.2 Å². The number of hydrogen-bond donors (Lipinski definition) is 1. The molecule has 1 N–H and O–H groups in total. The first kappa shape index (κ1) is 13.7. The van der Waals surface area contributed by atoms with Crippen molar-refractivity contribution >= 4 is 23.4 Å². The molecule has 1 aromatic rings. The van der Waals surface area contributed by atoms with Crippen molar-refractivity contribution in [1.82, 2.24) is 10.2 Å². The molecule has 2 amide bonds. The van der Waals surface area contributed by atoms with Gasteiger partial charge in [-0.25, -0.2) is 0 Å². The highest BCUT2D eigenvalue weighted by Gasteiger charge is 2.19. The van der Waals surface area contributed by atoms with E-state index in [9.17, 15) is 9.59 Å². The quantitative estimate of drug-likeness (QED) is 0.902. The lowest BCUT2D eigenvalue weighted by atomic mass is 10.3. The molecule has 0 atom stereocenters. The van der Waals surface area contributed by atoms with Crippen LogP contribution in [0.15, 0.2) is 24.3 Å². The molecule has 1 heterocycles. The summed E-state index contributed by atoms with van der Waals surface area (Å²) in [6.45, 7) is 1.21. The van der Waals surface area contributed by atoms with Crippen molar-refractivity contribution < 1.29 is 14.3 Å². The van der Waals surface area contributed by atoms with Gasteiger partial charge in [0.05, 0.1) is 6.54 Å². The van der Waals surface area contributed by atoms with Crippen molar-refractivity contribution in [3.63, 3.8) is 0 Å². The summed E-state index contributed by atoms with van der Waals surface area (Å²) in [6, 6.07) is 6.79. The Balaban J connectivity index is 1.86. The van der Waals surface area contributed by atoms with Crippen LogP contribution >= 0.6 is 11.6 Å². The molecule has 0 aromatic heterocycles. The molecule has 0 spiro atoms. The summed E-state index contributed by atoms with van der Waals surface area (Å²) < 4.78 is 5.37. The van der Waals surface area contributed by atoms with Gasteiger partial charge in [0.25, 0.3) is 5.91 Å². The van der Waals surface area contributed by atoms with Crippen LogP contribution < -0.4 is 10.1 Å². The number of halogens is 1. The number of rotatable bonds is 3. The van der Waals surface area contributed by atoms with Crippen molar-refractivity contribution in [2.45, 2.75) is 6.42 Å². The topological polar surface area (TPSA) is 58.6 Å². The van der Waals surface area contributed by atoms with Crippen LogP contribution in [0.5, 0.6) is 5.75 Å². The molecule has 102 valence electrons. The molecular formula is C13H15ClN2O3. The Hall–Kier alpha value is -1.75. The summed E-state index contributed by atoms with van der Waals surface area (Å²) >= 11 is 5.76. The van der Waals surface area contributed by atoms with E-state index in [4.69, 9.17) is 16.3 Å². The number of amides is 2. The molecular weight excluding hydrogens is 268 g/mol. The van der Waals surface area contributed by atoms with Crippen molar-refractivity contribution in [3.8, 4) is 5.75 Å². The van der Waals surface area contributed by atoms with Crippen LogP contribution in [0.4, 0.5) is 0 Å². The van der Waals surface area contributed by atoms with Gasteiger partial charge in [-0.2, -0.15) is 0 Å². The minimum Gasteiger partial charge on any atom is -0.484 e. The summed E-state index contributed by atoms with van der Waals surface area (Å²) in [7, 11) is 0. The number of nitrogens with zero attached hydrogens (tertiary/aromatic N) is 1. The first-order chi connectivity index (χ1) is 9.15. The molecule has 0 aliphatic carbocycles. The predicted molar refractivity (Wildman–Crippen MR) is 71.2 cm³/mol. The van der Waals surface area contributed by atoms with Gasteiger partial charge in [-0.15, -0.1) is 0 Å². The number of hydrogen-bond acceptors (Lipinski definition) is 3. The maximum atomic E-state index is 11.9. The molecule has 1 aliphatic rings. The van der Waals surface area contributed by atoms with E-state index in [1.165, 1.54) is 4.90 Å². The Labute approximate surface area is 116 Å². The zero-order valence-electron chi connectivity index (χ0n) is 10.4. The molecule has 0 radical (unpaired) electrons. The van der Waals surface area contributed by atoms with E-state index in [1.807, 2.05) is 0 Å². The maximum absolute atomic E-state index is 11.9. The van der Waals surface area contributed by atoms with Crippen molar-refractivity contribution in [2.24, 2.45) is 0 Å². The molecule has 0 unspecified atom stereocenters. The Morgan fingerprint density at radius 1 is 1.37 bits per heavy atom. The number of benzene rings is 1. The molecule has 0 saturated carbocycles. The van der Waals surface area contributed by atoms with Gasteiger partial charge in [-0.05, 0) is 30.7 Å². The molecule has 6 heteroatoms. The third-order valence-corrected chi connectivity index (χ3v) is 3.04. The van der Waals surface area contributed by atoms with E-state index in [1.54, 1.807) is 24.3 Å². The summed E-state index contributed by atoms with van der Waals surface area (Å²) in [5.41, 5.74) is 0. The van der Waals surface area contributed by atoms with Crippen LogP contribution in [0.2, 0.25) is 5.02 Å². The van der Waals surface area contributed by atoms with E-state index in [0.29, 0.717) is 23.9 Å². The molecule has 1 aliphatic heterocycles. The minimum atomic E-state index is -0.188. The second kappa shape index (κ2) is 6.43. The number of carbonyl (C=O) groups is 2. The van der Waals surface area contributed by atoms with Crippen LogP contribution in [0, 0.1) is 0 Å². The van der Waals surface area contributed by atoms with E-state index in [2.05, 4.69) is 5.32 Å². The van der Waals surface area contributed by atoms with Gasteiger partial charge in [0, 0.05) is 18.1 Å². The van der Waals surface area contributed by atoms with Gasteiger partial charge in [-0.1, -0.05) is 11.6 Å². The third-order valence-electron chi connectivity index (χ3n) is 2.79. The summed E-state index contributed by atoms with van der Waals surface area (Å²) in [5, 5.41) is 3.33. The second-order valence-electron chi connectivity index (χ2n) is 4.26. The van der Waals surface area contributed by atoms with E-state index < -0.39 is 0 Å². The van der Waals surface area contributed by atoms with Gasteiger partial charge in [-0.3, -0.25) is 9.59 Å². The van der Waals surface area contributed by atoms with Crippen LogP contribution in [0.1, 0.15) is 6.42 Å². The van der Waals surface area contributed by atoms with Gasteiger partial charge >= 0.3 is 0 Å². The second-order valence-corrected chi connectivity index (χ2v) is 4.70. The van der Waals surface area contributed by atoms with E-state index in [-0.39, 0.29) is 25.0 Å². The lowest BCUT2D eigenvalue weighted by Gasteiger charge is -2.19. The monoisotopic (exact) mass is 282 g/mol. The molecule has 1 saturated heterocycles. The normalized spacial score (nSPS) is 15.6. The first-order valence-electron chi connectivity index (χ1n) is 6.08. The Morgan fingerprint density at radius 3 is 2.84 bits per heavy atom. The predicted octanol–water partition coefficient (Wildman–Crippen LogP) is 1.07. The smallest absolute Gasteiger partial charge is 0.260 e. The summed E-state index contributed by atoms with van der Waals surface area (Å²) in [5.74, 6) is 0.265. The van der Waals surface area contributed by atoms with Crippen molar-refractivity contribution in [1.29, 1.82) is 0 Å². The zero-order chi connectivity index (χ0) is 13.7. The molecule has 2 rings (SSSR count). The first-order valence-corrected chi connectivity index (χ1v) is 6.46. The van der Waals surface area contributed by atoms with Crippen LogP contribution in [-0.2, 0) is 9.59 Å². The van der Waals surface area contributed by atoms with Crippen LogP contribution in [-0.4, -0.2) is 43.0 Å². The lowest BCUT2D eigenvalue weighted by molar-refractivity contribution is -0.136. The molecule has 19 heavy (non-hydrogen) atoms. The fourth-order valence-corrected chi connectivity index (χ4v) is 1.91. The molecule has 5 nitrogen and oxygen atoms in total. The van der Waals surface area contributed by atoms with Gasteiger partial charge < -0.3 is 15.0 Å². The number of nitrogens with one attached hydrogen (secondary N) is 1. The fourth-order valence-electron chi connectivity index (χ4n) is 1.79. The number of ether oxygens (including phenoxy) is 1. The Kier molecular flexibility index (Phi) is 4.63. The van der Waals surface area contributed by atoms with Gasteiger partial charge in [0.15, 0.2) is 6.61 Å². The van der Waals surface area contributed by atoms with Gasteiger partial charge in [0.1, 0.15) is 5.75 Å². The maximum Gasteiger partial charge on any atom is 0.260 e.